The largest absolute Gasteiger partial charge is 0.489 e. The summed E-state index contributed by atoms with van der Waals surface area (Å²) in [5.41, 5.74) is 1.28. The number of benzene rings is 1. The van der Waals surface area contributed by atoms with Crippen molar-refractivity contribution in [3.63, 3.8) is 0 Å². The second-order valence-electron chi connectivity index (χ2n) is 5.70. The molecule has 0 aliphatic heterocycles. The molecule has 1 unspecified atom stereocenters. The van der Waals surface area contributed by atoms with Gasteiger partial charge in [-0.25, -0.2) is 0 Å². The number of ether oxygens (including phenoxy) is 2. The molecule has 1 N–H and O–H groups in total. The van der Waals surface area contributed by atoms with Crippen LogP contribution in [0.1, 0.15) is 32.8 Å². The molecule has 0 aliphatic rings. The average Bonchev–Trinajstić information content (AvgIpc) is 2.43. The van der Waals surface area contributed by atoms with E-state index in [0.29, 0.717) is 0 Å². The van der Waals surface area contributed by atoms with Gasteiger partial charge in [0.1, 0.15) is 11.9 Å². The van der Waals surface area contributed by atoms with Crippen LogP contribution < -0.4 is 10.1 Å². The molecule has 0 heterocycles. The smallest absolute Gasteiger partial charge is 0.119 e. The Hall–Kier alpha value is -1.06. The SMILES string of the molecule is COCCc1ccc(OC(C)CNCCC(C)C)cc1. The molecule has 0 aromatic heterocycles. The minimum Gasteiger partial charge on any atom is -0.489 e. The molecule has 0 amide bonds. The predicted octanol–water partition coefficient (Wildman–Crippen LogP) is 3.28. The highest BCUT2D eigenvalue weighted by Crippen LogP contribution is 2.14. The van der Waals surface area contributed by atoms with Crippen LogP contribution in [0.25, 0.3) is 0 Å². The predicted molar refractivity (Wildman–Crippen MR) is 84.4 cm³/mol. The summed E-state index contributed by atoms with van der Waals surface area (Å²) in [4.78, 5) is 0. The third-order valence-electron chi connectivity index (χ3n) is 3.19. The fraction of sp³-hybridized carbons (Fsp3) is 0.647. The second kappa shape index (κ2) is 9.78. The summed E-state index contributed by atoms with van der Waals surface area (Å²) in [6.45, 7) is 9.29. The maximum atomic E-state index is 5.89. The van der Waals surface area contributed by atoms with Crippen LogP contribution >= 0.6 is 0 Å². The van der Waals surface area contributed by atoms with E-state index in [1.807, 2.05) is 12.1 Å². The highest BCUT2D eigenvalue weighted by molar-refractivity contribution is 5.27. The second-order valence-corrected chi connectivity index (χ2v) is 5.70. The quantitative estimate of drug-likeness (QED) is 0.667. The van der Waals surface area contributed by atoms with Crippen molar-refractivity contribution >= 4 is 0 Å². The van der Waals surface area contributed by atoms with Crippen molar-refractivity contribution in [3.8, 4) is 5.75 Å². The van der Waals surface area contributed by atoms with Gasteiger partial charge in [0, 0.05) is 13.7 Å². The number of nitrogens with one attached hydrogen (secondary N) is 1. The summed E-state index contributed by atoms with van der Waals surface area (Å²) in [6, 6.07) is 8.28. The Morgan fingerprint density at radius 1 is 1.10 bits per heavy atom. The zero-order chi connectivity index (χ0) is 14.8. The van der Waals surface area contributed by atoms with E-state index in [0.717, 1.165) is 37.8 Å². The third-order valence-corrected chi connectivity index (χ3v) is 3.19. The van der Waals surface area contributed by atoms with Crippen LogP contribution in [0.15, 0.2) is 24.3 Å². The number of rotatable bonds is 10. The molecule has 0 saturated heterocycles. The molecular formula is C17H29NO2. The molecule has 3 heteroatoms. The molecule has 1 aromatic rings. The first-order valence-electron chi connectivity index (χ1n) is 7.57. The number of methoxy groups -OCH3 is 1. The van der Waals surface area contributed by atoms with Crippen LogP contribution in [0.5, 0.6) is 5.75 Å². The van der Waals surface area contributed by atoms with E-state index in [2.05, 4.69) is 38.2 Å². The minimum atomic E-state index is 0.187. The van der Waals surface area contributed by atoms with E-state index < -0.39 is 0 Å². The number of hydrogen-bond acceptors (Lipinski definition) is 3. The fourth-order valence-corrected chi connectivity index (χ4v) is 1.92. The van der Waals surface area contributed by atoms with E-state index in [1.165, 1.54) is 12.0 Å². The highest BCUT2D eigenvalue weighted by Gasteiger charge is 2.04. The summed E-state index contributed by atoms with van der Waals surface area (Å²) >= 11 is 0. The first kappa shape index (κ1) is 17.0. The van der Waals surface area contributed by atoms with Crippen molar-refractivity contribution in [2.75, 3.05) is 26.8 Å². The maximum absolute atomic E-state index is 5.89. The summed E-state index contributed by atoms with van der Waals surface area (Å²) in [6.07, 6.45) is 2.34. The standard InChI is InChI=1S/C17H29NO2/c1-14(2)9-11-18-13-15(3)20-17-7-5-16(6-8-17)10-12-19-4/h5-8,14-15,18H,9-13H2,1-4H3. The Kier molecular flexibility index (Phi) is 8.31. The molecule has 114 valence electrons. The van der Waals surface area contributed by atoms with E-state index in [4.69, 9.17) is 9.47 Å². The fourth-order valence-electron chi connectivity index (χ4n) is 1.92. The molecular weight excluding hydrogens is 250 g/mol. The zero-order valence-electron chi connectivity index (χ0n) is 13.3. The molecule has 0 spiro atoms. The normalized spacial score (nSPS) is 12.7. The Morgan fingerprint density at radius 2 is 1.80 bits per heavy atom. The Labute approximate surface area is 123 Å². The number of hydrogen-bond donors (Lipinski definition) is 1. The minimum absolute atomic E-state index is 0.187. The summed E-state index contributed by atoms with van der Waals surface area (Å²) in [7, 11) is 1.73. The van der Waals surface area contributed by atoms with Crippen LogP contribution in [0.3, 0.4) is 0 Å². The highest BCUT2D eigenvalue weighted by atomic mass is 16.5. The van der Waals surface area contributed by atoms with Gasteiger partial charge in [0.25, 0.3) is 0 Å². The lowest BCUT2D eigenvalue weighted by molar-refractivity contribution is 0.202. The van der Waals surface area contributed by atoms with Crippen molar-refractivity contribution in [2.24, 2.45) is 5.92 Å². The molecule has 1 aromatic carbocycles. The Morgan fingerprint density at radius 3 is 2.40 bits per heavy atom. The van der Waals surface area contributed by atoms with Crippen molar-refractivity contribution in [3.05, 3.63) is 29.8 Å². The van der Waals surface area contributed by atoms with Gasteiger partial charge in [0.05, 0.1) is 6.61 Å². The molecule has 0 fully saturated rings. The summed E-state index contributed by atoms with van der Waals surface area (Å²) < 4.78 is 11.0. The van der Waals surface area contributed by atoms with Gasteiger partial charge < -0.3 is 14.8 Å². The first-order valence-corrected chi connectivity index (χ1v) is 7.57. The molecule has 1 atom stereocenters. The van der Waals surface area contributed by atoms with Gasteiger partial charge in [-0.3, -0.25) is 0 Å². The van der Waals surface area contributed by atoms with Crippen LogP contribution in [0, 0.1) is 5.92 Å². The monoisotopic (exact) mass is 279 g/mol. The molecule has 1 rings (SSSR count). The molecule has 20 heavy (non-hydrogen) atoms. The van der Waals surface area contributed by atoms with Crippen molar-refractivity contribution in [1.82, 2.24) is 5.32 Å². The van der Waals surface area contributed by atoms with Crippen LogP contribution in [-0.2, 0) is 11.2 Å². The summed E-state index contributed by atoms with van der Waals surface area (Å²) in [5.74, 6) is 1.68. The lowest BCUT2D eigenvalue weighted by Gasteiger charge is -2.16. The van der Waals surface area contributed by atoms with Gasteiger partial charge >= 0.3 is 0 Å². The topological polar surface area (TPSA) is 30.5 Å². The van der Waals surface area contributed by atoms with E-state index in [-0.39, 0.29) is 6.10 Å². The zero-order valence-corrected chi connectivity index (χ0v) is 13.3. The van der Waals surface area contributed by atoms with Crippen LogP contribution in [0.2, 0.25) is 0 Å². The van der Waals surface area contributed by atoms with E-state index >= 15 is 0 Å². The Balaban J connectivity index is 2.25. The van der Waals surface area contributed by atoms with Crippen LogP contribution in [0.4, 0.5) is 0 Å². The lowest BCUT2D eigenvalue weighted by atomic mass is 10.1. The van der Waals surface area contributed by atoms with Crippen molar-refractivity contribution in [1.29, 1.82) is 0 Å². The molecule has 0 bridgehead atoms. The molecule has 0 saturated carbocycles. The van der Waals surface area contributed by atoms with Crippen molar-refractivity contribution in [2.45, 2.75) is 39.7 Å². The van der Waals surface area contributed by atoms with Gasteiger partial charge in [-0.1, -0.05) is 26.0 Å². The maximum Gasteiger partial charge on any atom is 0.119 e. The van der Waals surface area contributed by atoms with Gasteiger partial charge in [-0.15, -0.1) is 0 Å². The van der Waals surface area contributed by atoms with Gasteiger partial charge in [-0.2, -0.15) is 0 Å². The van der Waals surface area contributed by atoms with Gasteiger partial charge in [-0.05, 0) is 49.9 Å². The third kappa shape index (κ3) is 7.51. The molecule has 0 aliphatic carbocycles. The van der Waals surface area contributed by atoms with Crippen molar-refractivity contribution < 1.29 is 9.47 Å². The molecule has 0 radical (unpaired) electrons. The lowest BCUT2D eigenvalue weighted by Crippen LogP contribution is -2.30. The average molecular weight is 279 g/mol. The van der Waals surface area contributed by atoms with Gasteiger partial charge in [0.2, 0.25) is 0 Å². The van der Waals surface area contributed by atoms with Crippen LogP contribution in [-0.4, -0.2) is 32.9 Å². The molecule has 3 nitrogen and oxygen atoms in total. The van der Waals surface area contributed by atoms with E-state index in [9.17, 15) is 0 Å². The summed E-state index contributed by atoms with van der Waals surface area (Å²) in [5, 5.41) is 3.43. The van der Waals surface area contributed by atoms with E-state index in [1.54, 1.807) is 7.11 Å². The Bertz CT molecular complexity index is 349. The first-order chi connectivity index (χ1) is 9.61. The van der Waals surface area contributed by atoms with Gasteiger partial charge in [0.15, 0.2) is 0 Å².